The molecule has 1 aromatic heterocycles. The molecule has 0 radical (unpaired) electrons. The Morgan fingerprint density at radius 3 is 2.95 bits per heavy atom. The van der Waals surface area contributed by atoms with Crippen LogP contribution in [0.1, 0.15) is 24.8 Å². The molecule has 1 saturated heterocycles. The summed E-state index contributed by atoms with van der Waals surface area (Å²) in [5, 5.41) is 1.19. The summed E-state index contributed by atoms with van der Waals surface area (Å²) in [6, 6.07) is 8.93. The van der Waals surface area contributed by atoms with Crippen molar-refractivity contribution in [1.29, 1.82) is 0 Å². The summed E-state index contributed by atoms with van der Waals surface area (Å²) < 4.78 is 1.11. The normalized spacial score (nSPS) is 19.4. The molecule has 1 fully saturated rings. The molecule has 3 nitrogen and oxygen atoms in total. The number of pyridine rings is 1. The number of rotatable bonds is 3. The highest BCUT2D eigenvalue weighted by Gasteiger charge is 2.21. The van der Waals surface area contributed by atoms with Gasteiger partial charge in [0, 0.05) is 35.2 Å². The first kappa shape index (κ1) is 16.7. The smallest absolute Gasteiger partial charge is 0.0758 e. The predicted octanol–water partition coefficient (Wildman–Crippen LogP) is 3.73. The van der Waals surface area contributed by atoms with Crippen molar-refractivity contribution in [3.63, 3.8) is 0 Å². The maximum absolute atomic E-state index is 5.92. The summed E-state index contributed by atoms with van der Waals surface area (Å²) in [5.41, 5.74) is 8.31. The first-order chi connectivity index (χ1) is 9.79. The van der Waals surface area contributed by atoms with Crippen molar-refractivity contribution in [2.24, 2.45) is 5.73 Å². The third-order valence-corrected chi connectivity index (χ3v) is 4.89. The van der Waals surface area contributed by atoms with Gasteiger partial charge in [-0.2, -0.15) is 0 Å². The van der Waals surface area contributed by atoms with Crippen LogP contribution in [0, 0.1) is 0 Å². The predicted molar refractivity (Wildman–Crippen MR) is 93.8 cm³/mol. The second kappa shape index (κ2) is 7.54. The fourth-order valence-corrected chi connectivity index (χ4v) is 3.53. The number of nitrogens with two attached hydrogens (primary N) is 1. The number of aromatic nitrogens is 1. The molecular formula is C16H21BrClN3. The second-order valence-electron chi connectivity index (χ2n) is 5.46. The van der Waals surface area contributed by atoms with Crippen molar-refractivity contribution < 1.29 is 0 Å². The fourth-order valence-electron chi connectivity index (χ4n) is 3.08. The van der Waals surface area contributed by atoms with Crippen LogP contribution in [0.15, 0.2) is 34.9 Å². The van der Waals surface area contributed by atoms with Crippen molar-refractivity contribution in [3.05, 3.63) is 40.5 Å². The molecule has 0 saturated carbocycles. The molecule has 1 aromatic carbocycles. The van der Waals surface area contributed by atoms with Crippen LogP contribution in [0.25, 0.3) is 10.9 Å². The van der Waals surface area contributed by atoms with E-state index in [1.54, 1.807) is 0 Å². The molecule has 0 aliphatic carbocycles. The molecule has 114 valence electrons. The molecule has 1 atom stereocenters. The van der Waals surface area contributed by atoms with Crippen molar-refractivity contribution >= 4 is 39.2 Å². The molecule has 0 bridgehead atoms. The van der Waals surface area contributed by atoms with Crippen LogP contribution >= 0.6 is 28.3 Å². The lowest BCUT2D eigenvalue weighted by Crippen LogP contribution is -2.43. The van der Waals surface area contributed by atoms with Gasteiger partial charge in [-0.05, 0) is 37.1 Å². The summed E-state index contributed by atoms with van der Waals surface area (Å²) >= 11 is 3.61. The van der Waals surface area contributed by atoms with E-state index in [2.05, 4.69) is 44.0 Å². The van der Waals surface area contributed by atoms with Gasteiger partial charge in [0.1, 0.15) is 0 Å². The van der Waals surface area contributed by atoms with E-state index < -0.39 is 0 Å². The van der Waals surface area contributed by atoms with Gasteiger partial charge in [0.25, 0.3) is 0 Å². The van der Waals surface area contributed by atoms with Gasteiger partial charge in [0.05, 0.1) is 5.52 Å². The van der Waals surface area contributed by atoms with Gasteiger partial charge in [-0.3, -0.25) is 9.88 Å². The first-order valence-corrected chi connectivity index (χ1v) is 8.05. The molecule has 21 heavy (non-hydrogen) atoms. The average Bonchev–Trinajstić information content (AvgIpc) is 2.51. The van der Waals surface area contributed by atoms with E-state index in [-0.39, 0.29) is 12.4 Å². The Morgan fingerprint density at radius 2 is 2.14 bits per heavy atom. The van der Waals surface area contributed by atoms with Crippen LogP contribution in [-0.4, -0.2) is 29.0 Å². The van der Waals surface area contributed by atoms with Crippen LogP contribution in [0.3, 0.4) is 0 Å². The molecule has 1 aliphatic heterocycles. The van der Waals surface area contributed by atoms with E-state index in [4.69, 9.17) is 5.73 Å². The minimum atomic E-state index is 0. The van der Waals surface area contributed by atoms with E-state index >= 15 is 0 Å². The minimum absolute atomic E-state index is 0. The monoisotopic (exact) mass is 369 g/mol. The van der Waals surface area contributed by atoms with Crippen LogP contribution < -0.4 is 5.73 Å². The fraction of sp³-hybridized carbons (Fsp3) is 0.438. The molecule has 2 N–H and O–H groups in total. The van der Waals surface area contributed by atoms with E-state index in [0.29, 0.717) is 6.04 Å². The summed E-state index contributed by atoms with van der Waals surface area (Å²) in [6.07, 6.45) is 5.67. The molecular weight excluding hydrogens is 350 g/mol. The quantitative estimate of drug-likeness (QED) is 0.895. The van der Waals surface area contributed by atoms with E-state index in [1.165, 1.54) is 30.2 Å². The summed E-state index contributed by atoms with van der Waals surface area (Å²) in [5.74, 6) is 0. The highest BCUT2D eigenvalue weighted by molar-refractivity contribution is 9.10. The van der Waals surface area contributed by atoms with Crippen molar-refractivity contribution in [1.82, 2.24) is 9.88 Å². The van der Waals surface area contributed by atoms with Gasteiger partial charge in [-0.1, -0.05) is 34.5 Å². The second-order valence-corrected chi connectivity index (χ2v) is 6.32. The van der Waals surface area contributed by atoms with Gasteiger partial charge in [0.2, 0.25) is 0 Å². The number of hydrogen-bond acceptors (Lipinski definition) is 3. The standard InChI is InChI=1S/C16H20BrN3.ClH/c17-15-7-6-12(16-14(15)5-3-8-19-16)11-20-9-2-1-4-13(20)10-18;/h3,5-8,13H,1-2,4,9-11,18H2;1H. The summed E-state index contributed by atoms with van der Waals surface area (Å²) in [6.45, 7) is 2.84. The number of piperidine rings is 1. The maximum Gasteiger partial charge on any atom is 0.0758 e. The Labute approximate surface area is 140 Å². The lowest BCUT2D eigenvalue weighted by molar-refractivity contribution is 0.145. The van der Waals surface area contributed by atoms with E-state index in [9.17, 15) is 0 Å². The molecule has 2 heterocycles. The van der Waals surface area contributed by atoms with Crippen LogP contribution in [0.4, 0.5) is 0 Å². The third-order valence-electron chi connectivity index (χ3n) is 4.19. The van der Waals surface area contributed by atoms with Crippen LogP contribution in [0.2, 0.25) is 0 Å². The highest BCUT2D eigenvalue weighted by Crippen LogP contribution is 2.27. The van der Waals surface area contributed by atoms with E-state index in [1.807, 2.05) is 12.3 Å². The zero-order valence-corrected chi connectivity index (χ0v) is 14.4. The van der Waals surface area contributed by atoms with Gasteiger partial charge < -0.3 is 5.73 Å². The molecule has 5 heteroatoms. The Kier molecular flexibility index (Phi) is 5.99. The number of halogens is 2. The maximum atomic E-state index is 5.92. The Morgan fingerprint density at radius 1 is 1.29 bits per heavy atom. The molecule has 1 aliphatic rings. The molecule has 0 amide bonds. The Bertz CT molecular complexity index is 605. The van der Waals surface area contributed by atoms with Crippen molar-refractivity contribution in [2.45, 2.75) is 31.8 Å². The number of nitrogens with zero attached hydrogens (tertiary/aromatic N) is 2. The van der Waals surface area contributed by atoms with Crippen molar-refractivity contribution in [2.75, 3.05) is 13.1 Å². The summed E-state index contributed by atoms with van der Waals surface area (Å²) in [7, 11) is 0. The molecule has 3 rings (SSSR count). The Balaban J connectivity index is 0.00000161. The molecule has 0 spiro atoms. The first-order valence-electron chi connectivity index (χ1n) is 7.26. The average molecular weight is 371 g/mol. The van der Waals surface area contributed by atoms with Crippen LogP contribution in [-0.2, 0) is 6.54 Å². The molecule has 1 unspecified atom stereocenters. The van der Waals surface area contributed by atoms with E-state index in [0.717, 1.165) is 29.6 Å². The lowest BCUT2D eigenvalue weighted by Gasteiger charge is -2.35. The topological polar surface area (TPSA) is 42.1 Å². The van der Waals surface area contributed by atoms with Gasteiger partial charge in [-0.15, -0.1) is 12.4 Å². The van der Waals surface area contributed by atoms with Gasteiger partial charge in [0.15, 0.2) is 0 Å². The Hall–Kier alpha value is -0.680. The zero-order chi connectivity index (χ0) is 13.9. The lowest BCUT2D eigenvalue weighted by atomic mass is 10.0. The third kappa shape index (κ3) is 3.57. The minimum Gasteiger partial charge on any atom is -0.329 e. The van der Waals surface area contributed by atoms with Crippen LogP contribution in [0.5, 0.6) is 0 Å². The number of benzene rings is 1. The molecule has 2 aromatic rings. The van der Waals surface area contributed by atoms with Crippen molar-refractivity contribution in [3.8, 4) is 0 Å². The summed E-state index contributed by atoms with van der Waals surface area (Å²) in [4.78, 5) is 7.09. The number of fused-ring (bicyclic) bond motifs is 1. The van der Waals surface area contributed by atoms with Gasteiger partial charge >= 0.3 is 0 Å². The highest BCUT2D eigenvalue weighted by atomic mass is 79.9. The zero-order valence-electron chi connectivity index (χ0n) is 12.0. The number of likely N-dealkylation sites (tertiary alicyclic amines) is 1. The largest absolute Gasteiger partial charge is 0.329 e. The SMILES string of the molecule is Cl.NCC1CCCCN1Cc1ccc(Br)c2cccnc12. The number of hydrogen-bond donors (Lipinski definition) is 1. The van der Waals surface area contributed by atoms with Gasteiger partial charge in [-0.25, -0.2) is 0 Å².